The summed E-state index contributed by atoms with van der Waals surface area (Å²) in [6, 6.07) is 5.75. The zero-order valence-corrected chi connectivity index (χ0v) is 22.4. The molecule has 5 rings (SSSR count). The Morgan fingerprint density at radius 2 is 1.92 bits per heavy atom. The van der Waals surface area contributed by atoms with Crippen LogP contribution < -0.4 is 15.8 Å². The van der Waals surface area contributed by atoms with Crippen molar-refractivity contribution in [1.82, 2.24) is 19.4 Å². The fourth-order valence-electron chi connectivity index (χ4n) is 4.45. The van der Waals surface area contributed by atoms with Gasteiger partial charge in [-0.05, 0) is 43.7 Å². The number of carbonyl (C=O) groups is 1. The fraction of sp³-hybridized carbons (Fsp3) is 0.208. The molecule has 4 aromatic heterocycles. The first-order chi connectivity index (χ1) is 17.5. The molecule has 0 aromatic carbocycles. The molecule has 2 N–H and O–H groups in total. The molecule has 1 aliphatic rings. The molecule has 0 spiro atoms. The van der Waals surface area contributed by atoms with Crippen molar-refractivity contribution >= 4 is 69.5 Å². The van der Waals surface area contributed by atoms with Gasteiger partial charge in [0, 0.05) is 24.5 Å². The second kappa shape index (κ2) is 9.64. The molecule has 0 fully saturated rings. The maximum absolute atomic E-state index is 13.4. The summed E-state index contributed by atoms with van der Waals surface area (Å²) >= 11 is 24.9. The predicted octanol–water partition coefficient (Wildman–Crippen LogP) is 6.05. The lowest BCUT2D eigenvalue weighted by Gasteiger charge is -2.25. The van der Waals surface area contributed by atoms with Crippen molar-refractivity contribution in [2.45, 2.75) is 32.5 Å². The van der Waals surface area contributed by atoms with Gasteiger partial charge in [0.15, 0.2) is 11.5 Å². The second-order valence-corrected chi connectivity index (χ2v) is 10.2. The lowest BCUT2D eigenvalue weighted by molar-refractivity contribution is 0.0691. The molecular weight excluding hydrogens is 562 g/mol. The SMILES string of the molecule is C[C@@H]1c2ncc(Cl)cc2CN1c1nc2c([C@@H](C)Nc3ccc(Cl)nc3C(=O)O)cc(Cl)cn2c(=O)c1Cl. The summed E-state index contributed by atoms with van der Waals surface area (Å²) in [5.41, 5.74) is 2.10. The average Bonchev–Trinajstić information content (AvgIpc) is 3.17. The van der Waals surface area contributed by atoms with Crippen LogP contribution in [0.1, 0.15) is 53.2 Å². The quantitative estimate of drug-likeness (QED) is 0.275. The van der Waals surface area contributed by atoms with Crippen molar-refractivity contribution in [1.29, 1.82) is 0 Å². The highest BCUT2D eigenvalue weighted by Gasteiger charge is 2.32. The number of nitrogens with one attached hydrogen (secondary N) is 1. The number of halogens is 4. The lowest BCUT2D eigenvalue weighted by Crippen LogP contribution is -2.27. The molecule has 0 unspecified atom stereocenters. The van der Waals surface area contributed by atoms with E-state index in [9.17, 15) is 14.7 Å². The molecule has 2 atom stereocenters. The van der Waals surface area contributed by atoms with Crippen LogP contribution in [0.2, 0.25) is 20.2 Å². The van der Waals surface area contributed by atoms with E-state index in [0.29, 0.717) is 28.6 Å². The van der Waals surface area contributed by atoms with Crippen LogP contribution in [0.15, 0.2) is 41.5 Å². The van der Waals surface area contributed by atoms with Crippen LogP contribution >= 0.6 is 46.4 Å². The van der Waals surface area contributed by atoms with E-state index in [0.717, 1.165) is 11.3 Å². The van der Waals surface area contributed by atoms with Gasteiger partial charge in [0.2, 0.25) is 0 Å². The Morgan fingerprint density at radius 3 is 2.65 bits per heavy atom. The van der Waals surface area contributed by atoms with Gasteiger partial charge in [0.25, 0.3) is 5.56 Å². The Kier molecular flexibility index (Phi) is 6.66. The summed E-state index contributed by atoms with van der Waals surface area (Å²) in [5, 5.41) is 13.5. The van der Waals surface area contributed by atoms with Gasteiger partial charge >= 0.3 is 5.97 Å². The third-order valence-corrected chi connectivity index (χ3v) is 7.15. The van der Waals surface area contributed by atoms with E-state index in [1.54, 1.807) is 19.2 Å². The summed E-state index contributed by atoms with van der Waals surface area (Å²) in [6.07, 6.45) is 3.02. The molecule has 13 heteroatoms. The van der Waals surface area contributed by atoms with Gasteiger partial charge < -0.3 is 15.3 Å². The number of nitrogens with zero attached hydrogens (tertiary/aromatic N) is 5. The Hall–Kier alpha value is -3.11. The van der Waals surface area contributed by atoms with Gasteiger partial charge in [-0.25, -0.2) is 14.8 Å². The molecule has 0 saturated heterocycles. The smallest absolute Gasteiger partial charge is 0.356 e. The largest absolute Gasteiger partial charge is 0.476 e. The zero-order chi connectivity index (χ0) is 26.6. The van der Waals surface area contributed by atoms with Gasteiger partial charge in [0.05, 0.1) is 33.5 Å². The van der Waals surface area contributed by atoms with E-state index in [1.165, 1.54) is 22.7 Å². The summed E-state index contributed by atoms with van der Waals surface area (Å²) in [7, 11) is 0. The Morgan fingerprint density at radius 1 is 1.16 bits per heavy atom. The third-order valence-electron chi connectivity index (χ3n) is 6.19. The Bertz CT molecular complexity index is 1640. The lowest BCUT2D eigenvalue weighted by atomic mass is 10.1. The number of pyridine rings is 3. The summed E-state index contributed by atoms with van der Waals surface area (Å²) in [5.74, 6) is -0.948. The highest BCUT2D eigenvalue weighted by Crippen LogP contribution is 2.39. The van der Waals surface area contributed by atoms with Crippen LogP contribution in [0.3, 0.4) is 0 Å². The molecule has 4 aromatic rings. The topological polar surface area (TPSA) is 113 Å². The van der Waals surface area contributed by atoms with Crippen LogP contribution in [0.5, 0.6) is 0 Å². The van der Waals surface area contributed by atoms with Gasteiger partial charge in [0.1, 0.15) is 15.8 Å². The van der Waals surface area contributed by atoms with Crippen LogP contribution in [-0.2, 0) is 6.54 Å². The number of hydrogen-bond acceptors (Lipinski definition) is 7. The zero-order valence-electron chi connectivity index (χ0n) is 19.3. The summed E-state index contributed by atoms with van der Waals surface area (Å²) in [4.78, 5) is 40.1. The predicted molar refractivity (Wildman–Crippen MR) is 144 cm³/mol. The normalized spacial score (nSPS) is 15.6. The average molecular weight is 580 g/mol. The molecule has 1 aliphatic heterocycles. The standard InChI is InChI=1S/C24H18Cl4N6O3/c1-10(30-16-3-4-17(27)31-20(16)24(36)37)15-6-14(26)9-34-21(15)32-22(18(28)23(34)35)33-8-12-5-13(25)7-29-19(12)11(33)2/h3-7,9-11,30H,8H2,1-2H3,(H,36,37)/t10-,11-/m1/s1. The van der Waals surface area contributed by atoms with Crippen molar-refractivity contribution in [2.24, 2.45) is 0 Å². The van der Waals surface area contributed by atoms with Crippen LogP contribution in [0, 0.1) is 0 Å². The molecule has 5 heterocycles. The fourth-order valence-corrected chi connectivity index (χ4v) is 5.24. The number of anilines is 2. The highest BCUT2D eigenvalue weighted by atomic mass is 35.5. The van der Waals surface area contributed by atoms with Crippen molar-refractivity contribution in [3.63, 3.8) is 0 Å². The number of rotatable bonds is 5. The van der Waals surface area contributed by atoms with Crippen molar-refractivity contribution in [2.75, 3.05) is 10.2 Å². The van der Waals surface area contributed by atoms with Gasteiger partial charge in [-0.1, -0.05) is 46.4 Å². The monoisotopic (exact) mass is 578 g/mol. The Balaban J connectivity index is 1.62. The van der Waals surface area contributed by atoms with Crippen molar-refractivity contribution < 1.29 is 9.90 Å². The van der Waals surface area contributed by atoms with Crippen LogP contribution in [-0.4, -0.2) is 30.4 Å². The maximum Gasteiger partial charge on any atom is 0.356 e. The van der Waals surface area contributed by atoms with E-state index in [4.69, 9.17) is 51.4 Å². The highest BCUT2D eigenvalue weighted by molar-refractivity contribution is 6.33. The molecule has 0 aliphatic carbocycles. The molecule has 190 valence electrons. The summed E-state index contributed by atoms with van der Waals surface area (Å²) < 4.78 is 1.28. The third kappa shape index (κ3) is 4.57. The molecule has 9 nitrogen and oxygen atoms in total. The second-order valence-electron chi connectivity index (χ2n) is 8.56. The number of hydrogen-bond donors (Lipinski definition) is 2. The number of aromatic nitrogens is 4. The van der Waals surface area contributed by atoms with Gasteiger partial charge in [-0.3, -0.25) is 14.2 Å². The van der Waals surface area contributed by atoms with Crippen LogP contribution in [0.25, 0.3) is 5.65 Å². The molecular formula is C24H18Cl4N6O3. The number of carboxylic acid groups (broad SMARTS) is 1. The van der Waals surface area contributed by atoms with E-state index >= 15 is 0 Å². The van der Waals surface area contributed by atoms with Crippen LogP contribution in [0.4, 0.5) is 11.5 Å². The van der Waals surface area contributed by atoms with E-state index in [-0.39, 0.29) is 32.6 Å². The minimum absolute atomic E-state index is 0.0489. The minimum atomic E-state index is -1.24. The van der Waals surface area contributed by atoms with Gasteiger partial charge in [-0.15, -0.1) is 0 Å². The van der Waals surface area contributed by atoms with E-state index in [1.807, 2.05) is 17.9 Å². The van der Waals surface area contributed by atoms with E-state index in [2.05, 4.69) is 15.3 Å². The van der Waals surface area contributed by atoms with Crippen molar-refractivity contribution in [3.05, 3.63) is 89.7 Å². The maximum atomic E-state index is 13.4. The summed E-state index contributed by atoms with van der Waals surface area (Å²) in [6.45, 7) is 4.15. The Labute approximate surface area is 230 Å². The number of fused-ring (bicyclic) bond motifs is 2. The molecule has 0 saturated carbocycles. The first-order valence-electron chi connectivity index (χ1n) is 11.0. The minimum Gasteiger partial charge on any atom is -0.476 e. The molecule has 37 heavy (non-hydrogen) atoms. The first-order valence-corrected chi connectivity index (χ1v) is 12.5. The first kappa shape index (κ1) is 25.5. The molecule has 0 amide bonds. The number of carboxylic acids is 1. The molecule has 0 bridgehead atoms. The van der Waals surface area contributed by atoms with Crippen molar-refractivity contribution in [3.8, 4) is 0 Å². The van der Waals surface area contributed by atoms with E-state index < -0.39 is 17.6 Å². The van der Waals surface area contributed by atoms with Gasteiger partial charge in [-0.2, -0.15) is 0 Å². The number of aromatic carboxylic acids is 1. The molecule has 0 radical (unpaired) electrons.